The van der Waals surface area contributed by atoms with Crippen molar-refractivity contribution in [3.05, 3.63) is 120 Å². The zero-order valence-electron chi connectivity index (χ0n) is 19.6. The first-order chi connectivity index (χ1) is 17.6. The van der Waals surface area contributed by atoms with Gasteiger partial charge >= 0.3 is 0 Å². The minimum Gasteiger partial charge on any atom is -0.467 e. The molecule has 0 radical (unpaired) electrons. The maximum absolute atomic E-state index is 13.2. The van der Waals surface area contributed by atoms with Crippen LogP contribution in [0.4, 0.5) is 0 Å². The molecule has 0 spiro atoms. The van der Waals surface area contributed by atoms with E-state index in [9.17, 15) is 9.59 Å². The summed E-state index contributed by atoms with van der Waals surface area (Å²) in [5.74, 6) is 1.40. The highest BCUT2D eigenvalue weighted by Crippen LogP contribution is 2.26. The molecule has 2 N–H and O–H groups in total. The van der Waals surface area contributed by atoms with Crippen molar-refractivity contribution in [2.45, 2.75) is 20.0 Å². The Morgan fingerprint density at radius 3 is 2.47 bits per heavy atom. The molecule has 3 aromatic heterocycles. The Kier molecular flexibility index (Phi) is 6.48. The summed E-state index contributed by atoms with van der Waals surface area (Å²) in [5.41, 5.74) is 2.96. The Bertz CT molecular complexity index is 1480. The molecule has 0 saturated carbocycles. The van der Waals surface area contributed by atoms with E-state index in [-0.39, 0.29) is 18.4 Å². The van der Waals surface area contributed by atoms with Crippen LogP contribution < -0.4 is 10.6 Å². The van der Waals surface area contributed by atoms with Crippen LogP contribution in [0, 0.1) is 6.92 Å². The van der Waals surface area contributed by atoms with E-state index in [0.717, 1.165) is 17.0 Å². The molecule has 180 valence electrons. The molecule has 5 aromatic rings. The predicted molar refractivity (Wildman–Crippen MR) is 133 cm³/mol. The van der Waals surface area contributed by atoms with Crippen molar-refractivity contribution >= 4 is 11.8 Å². The van der Waals surface area contributed by atoms with Gasteiger partial charge in [0.2, 0.25) is 0 Å². The highest BCUT2D eigenvalue weighted by molar-refractivity contribution is 5.99. The van der Waals surface area contributed by atoms with Gasteiger partial charge in [-0.2, -0.15) is 5.10 Å². The molecule has 0 fully saturated rings. The zero-order chi connectivity index (χ0) is 24.9. The number of hydrogen-bond acceptors (Lipinski definition) is 5. The van der Waals surface area contributed by atoms with Crippen LogP contribution >= 0.6 is 0 Å². The molecule has 2 aromatic carbocycles. The van der Waals surface area contributed by atoms with Crippen LogP contribution in [0.1, 0.15) is 37.8 Å². The van der Waals surface area contributed by atoms with Gasteiger partial charge in [0.1, 0.15) is 17.2 Å². The largest absolute Gasteiger partial charge is 0.467 e. The molecule has 0 aliphatic heterocycles. The lowest BCUT2D eigenvalue weighted by Crippen LogP contribution is -2.24. The second-order valence-corrected chi connectivity index (χ2v) is 8.23. The molecule has 0 unspecified atom stereocenters. The number of para-hydroxylation sites is 1. The third kappa shape index (κ3) is 5.12. The molecule has 8 heteroatoms. The highest BCUT2D eigenvalue weighted by atomic mass is 16.3. The Morgan fingerprint density at radius 1 is 0.889 bits per heavy atom. The smallest absolute Gasteiger partial charge is 0.255 e. The minimum absolute atomic E-state index is 0.223. The second kappa shape index (κ2) is 10.2. The average molecular weight is 481 g/mol. The molecule has 0 bridgehead atoms. The molecule has 2 amide bonds. The van der Waals surface area contributed by atoms with Crippen molar-refractivity contribution in [1.29, 1.82) is 0 Å². The summed E-state index contributed by atoms with van der Waals surface area (Å²) < 4.78 is 12.7. The number of furan rings is 2. The maximum atomic E-state index is 13.2. The zero-order valence-corrected chi connectivity index (χ0v) is 19.6. The van der Waals surface area contributed by atoms with E-state index in [0.29, 0.717) is 34.9 Å². The van der Waals surface area contributed by atoms with E-state index in [1.165, 1.54) is 0 Å². The summed E-state index contributed by atoms with van der Waals surface area (Å²) in [7, 11) is 0. The number of benzene rings is 2. The monoisotopic (exact) mass is 480 g/mol. The van der Waals surface area contributed by atoms with Crippen LogP contribution in [0.25, 0.3) is 17.1 Å². The Morgan fingerprint density at radius 2 is 1.72 bits per heavy atom. The van der Waals surface area contributed by atoms with Gasteiger partial charge in [-0.1, -0.05) is 30.3 Å². The number of aryl methyl sites for hydroxylation is 1. The van der Waals surface area contributed by atoms with Gasteiger partial charge in [0.15, 0.2) is 5.76 Å². The first kappa shape index (κ1) is 22.9. The second-order valence-electron chi connectivity index (χ2n) is 8.23. The molecule has 0 aliphatic carbocycles. The minimum atomic E-state index is -0.297. The van der Waals surface area contributed by atoms with E-state index < -0.39 is 0 Å². The SMILES string of the molecule is Cc1ccc(-c2nn(-c3ccccc3)cc2C(=O)NCc2cccc(C(=O)NCc3ccco3)c2)o1. The summed E-state index contributed by atoms with van der Waals surface area (Å²) in [5, 5.41) is 10.4. The molecular weight excluding hydrogens is 456 g/mol. The quantitative estimate of drug-likeness (QED) is 0.329. The summed E-state index contributed by atoms with van der Waals surface area (Å²) in [6.07, 6.45) is 3.25. The Balaban J connectivity index is 1.31. The van der Waals surface area contributed by atoms with Crippen LogP contribution in [0.2, 0.25) is 0 Å². The first-order valence-corrected chi connectivity index (χ1v) is 11.5. The summed E-state index contributed by atoms with van der Waals surface area (Å²) >= 11 is 0. The van der Waals surface area contributed by atoms with Gasteiger partial charge in [0, 0.05) is 18.3 Å². The third-order valence-electron chi connectivity index (χ3n) is 5.60. The van der Waals surface area contributed by atoms with Gasteiger partial charge in [-0.3, -0.25) is 9.59 Å². The van der Waals surface area contributed by atoms with Crippen LogP contribution in [-0.2, 0) is 13.1 Å². The molecule has 5 rings (SSSR count). The lowest BCUT2D eigenvalue weighted by atomic mass is 10.1. The fourth-order valence-corrected chi connectivity index (χ4v) is 3.78. The first-order valence-electron chi connectivity index (χ1n) is 11.5. The van der Waals surface area contributed by atoms with Crippen molar-refractivity contribution in [2.24, 2.45) is 0 Å². The van der Waals surface area contributed by atoms with Gasteiger partial charge in [-0.15, -0.1) is 0 Å². The maximum Gasteiger partial charge on any atom is 0.255 e. The predicted octanol–water partition coefficient (Wildman–Crippen LogP) is 4.89. The van der Waals surface area contributed by atoms with E-state index in [1.807, 2.05) is 49.4 Å². The normalized spacial score (nSPS) is 10.8. The van der Waals surface area contributed by atoms with Crippen molar-refractivity contribution in [1.82, 2.24) is 20.4 Å². The Labute approximate surface area is 207 Å². The molecule has 8 nitrogen and oxygen atoms in total. The summed E-state index contributed by atoms with van der Waals surface area (Å²) in [6.45, 7) is 2.38. The van der Waals surface area contributed by atoms with Gasteiger partial charge in [-0.25, -0.2) is 4.68 Å². The highest BCUT2D eigenvalue weighted by Gasteiger charge is 2.21. The number of carbonyl (C=O) groups excluding carboxylic acids is 2. The van der Waals surface area contributed by atoms with E-state index in [2.05, 4.69) is 15.7 Å². The number of aromatic nitrogens is 2. The standard InChI is InChI=1S/C28H24N4O4/c1-19-12-13-25(36-19)26-24(18-32(31-26)22-9-3-2-4-10-22)28(34)29-16-20-7-5-8-21(15-20)27(33)30-17-23-11-6-14-35-23/h2-15,18H,16-17H2,1H3,(H,29,34)(H,30,33). The fraction of sp³-hybridized carbons (Fsp3) is 0.107. The summed E-state index contributed by atoms with van der Waals surface area (Å²) in [4.78, 5) is 25.8. The number of amides is 2. The third-order valence-corrected chi connectivity index (χ3v) is 5.60. The number of carbonyl (C=O) groups is 2. The molecule has 0 atom stereocenters. The molecule has 36 heavy (non-hydrogen) atoms. The van der Waals surface area contributed by atoms with Crippen molar-refractivity contribution in [2.75, 3.05) is 0 Å². The van der Waals surface area contributed by atoms with Gasteiger partial charge in [-0.05, 0) is 61.0 Å². The number of rotatable bonds is 8. The van der Waals surface area contributed by atoms with E-state index in [1.54, 1.807) is 53.5 Å². The van der Waals surface area contributed by atoms with Crippen LogP contribution in [0.15, 0.2) is 100 Å². The van der Waals surface area contributed by atoms with E-state index >= 15 is 0 Å². The molecule has 3 heterocycles. The molecular formula is C28H24N4O4. The topological polar surface area (TPSA) is 102 Å². The molecule has 0 aliphatic rings. The molecule has 0 saturated heterocycles. The van der Waals surface area contributed by atoms with Crippen LogP contribution in [0.3, 0.4) is 0 Å². The van der Waals surface area contributed by atoms with E-state index in [4.69, 9.17) is 8.83 Å². The number of nitrogens with zero attached hydrogens (tertiary/aromatic N) is 2. The van der Waals surface area contributed by atoms with Crippen molar-refractivity contribution in [3.63, 3.8) is 0 Å². The summed E-state index contributed by atoms with van der Waals surface area (Å²) in [6, 6.07) is 23.9. The van der Waals surface area contributed by atoms with Crippen LogP contribution in [-0.4, -0.2) is 21.6 Å². The van der Waals surface area contributed by atoms with Gasteiger partial charge in [0.05, 0.1) is 24.1 Å². The van der Waals surface area contributed by atoms with Crippen LogP contribution in [0.5, 0.6) is 0 Å². The average Bonchev–Trinajstić information content (AvgIpc) is 3.67. The Hall–Kier alpha value is -4.85. The lowest BCUT2D eigenvalue weighted by molar-refractivity contribution is 0.0943. The van der Waals surface area contributed by atoms with Crippen molar-refractivity contribution < 1.29 is 18.4 Å². The van der Waals surface area contributed by atoms with Gasteiger partial charge in [0.25, 0.3) is 11.8 Å². The number of hydrogen-bond donors (Lipinski definition) is 2. The fourth-order valence-electron chi connectivity index (χ4n) is 3.78. The lowest BCUT2D eigenvalue weighted by Gasteiger charge is -2.08. The number of nitrogens with one attached hydrogen (secondary N) is 2. The van der Waals surface area contributed by atoms with Crippen molar-refractivity contribution in [3.8, 4) is 17.1 Å². The van der Waals surface area contributed by atoms with Gasteiger partial charge < -0.3 is 19.5 Å².